The number of carbonyl (C=O) groups excluding carboxylic acids is 1. The van der Waals surface area contributed by atoms with Crippen molar-refractivity contribution in [2.45, 2.75) is 19.8 Å². The van der Waals surface area contributed by atoms with Gasteiger partial charge >= 0.3 is 0 Å². The number of aromatic nitrogens is 2. The molecule has 4 rings (SSSR count). The van der Waals surface area contributed by atoms with Crippen molar-refractivity contribution in [3.63, 3.8) is 0 Å². The lowest BCUT2D eigenvalue weighted by molar-refractivity contribution is -0.118. The fourth-order valence-corrected chi connectivity index (χ4v) is 3.59. The molecule has 1 aromatic heterocycles. The smallest absolute Gasteiger partial charge is 0.262 e. The SMILES string of the molecule is CC(C)c1ccccc1OCC(=O)Nc1ccc(-c2ccc(N3CCOCC3)nn2)cc1. The molecule has 1 aliphatic heterocycles. The van der Waals surface area contributed by atoms with Gasteiger partial charge in [-0.25, -0.2) is 0 Å². The van der Waals surface area contributed by atoms with Gasteiger partial charge in [0.25, 0.3) is 5.91 Å². The lowest BCUT2D eigenvalue weighted by atomic mass is 10.0. The number of anilines is 2. The van der Waals surface area contributed by atoms with Gasteiger partial charge in [-0.05, 0) is 41.8 Å². The van der Waals surface area contributed by atoms with Crippen LogP contribution in [0.4, 0.5) is 11.5 Å². The molecule has 1 aliphatic rings. The number of para-hydroxylation sites is 1. The summed E-state index contributed by atoms with van der Waals surface area (Å²) in [6.07, 6.45) is 0. The molecule has 0 unspecified atom stereocenters. The van der Waals surface area contributed by atoms with Crippen molar-refractivity contribution in [2.75, 3.05) is 43.1 Å². The molecule has 2 aromatic carbocycles. The highest BCUT2D eigenvalue weighted by atomic mass is 16.5. The highest BCUT2D eigenvalue weighted by molar-refractivity contribution is 5.92. The van der Waals surface area contributed by atoms with Gasteiger partial charge in [0, 0.05) is 24.3 Å². The highest BCUT2D eigenvalue weighted by Gasteiger charge is 2.13. The Kier molecular flexibility index (Phi) is 6.97. The molecule has 1 amide bonds. The van der Waals surface area contributed by atoms with E-state index in [9.17, 15) is 4.79 Å². The van der Waals surface area contributed by atoms with Crippen LogP contribution in [0.5, 0.6) is 5.75 Å². The van der Waals surface area contributed by atoms with Crippen LogP contribution < -0.4 is 15.0 Å². The summed E-state index contributed by atoms with van der Waals surface area (Å²) >= 11 is 0. The number of rotatable bonds is 7. The second kappa shape index (κ2) is 10.2. The van der Waals surface area contributed by atoms with Crippen molar-refractivity contribution < 1.29 is 14.3 Å². The number of hydrogen-bond acceptors (Lipinski definition) is 6. The maximum absolute atomic E-state index is 12.3. The standard InChI is InChI=1S/C25H28N4O3/c1-18(2)21-5-3-4-6-23(21)32-17-25(30)26-20-9-7-19(8-10-20)22-11-12-24(28-27-22)29-13-15-31-16-14-29/h3-12,18H,13-17H2,1-2H3,(H,26,30). The second-order valence-electron chi connectivity index (χ2n) is 7.98. The summed E-state index contributed by atoms with van der Waals surface area (Å²) in [4.78, 5) is 14.5. The molecule has 166 valence electrons. The molecule has 0 aliphatic carbocycles. The molecule has 1 saturated heterocycles. The number of nitrogens with one attached hydrogen (secondary N) is 1. The number of ether oxygens (including phenoxy) is 2. The molecule has 7 nitrogen and oxygen atoms in total. The number of nitrogens with zero attached hydrogens (tertiary/aromatic N) is 3. The monoisotopic (exact) mass is 432 g/mol. The van der Waals surface area contributed by atoms with Crippen LogP contribution in [0.3, 0.4) is 0 Å². The Bertz CT molecular complexity index is 1030. The molecular weight excluding hydrogens is 404 g/mol. The minimum Gasteiger partial charge on any atom is -0.483 e. The molecule has 0 radical (unpaired) electrons. The summed E-state index contributed by atoms with van der Waals surface area (Å²) in [6, 6.07) is 19.3. The average Bonchev–Trinajstić information content (AvgIpc) is 2.84. The number of amides is 1. The van der Waals surface area contributed by atoms with Crippen molar-refractivity contribution in [1.82, 2.24) is 10.2 Å². The fourth-order valence-electron chi connectivity index (χ4n) is 3.59. The molecular formula is C25H28N4O3. The van der Waals surface area contributed by atoms with Crippen molar-refractivity contribution in [3.05, 3.63) is 66.2 Å². The van der Waals surface area contributed by atoms with E-state index in [1.807, 2.05) is 60.7 Å². The Morgan fingerprint density at radius 3 is 2.47 bits per heavy atom. The largest absolute Gasteiger partial charge is 0.483 e. The first-order valence-corrected chi connectivity index (χ1v) is 10.9. The lowest BCUT2D eigenvalue weighted by Crippen LogP contribution is -2.36. The van der Waals surface area contributed by atoms with Crippen LogP contribution in [0.1, 0.15) is 25.3 Å². The Labute approximate surface area is 188 Å². The molecule has 32 heavy (non-hydrogen) atoms. The highest BCUT2D eigenvalue weighted by Crippen LogP contribution is 2.26. The van der Waals surface area contributed by atoms with E-state index in [-0.39, 0.29) is 12.5 Å². The summed E-state index contributed by atoms with van der Waals surface area (Å²) in [5.41, 5.74) is 3.52. The first kappa shape index (κ1) is 21.8. The third-order valence-corrected chi connectivity index (χ3v) is 5.35. The van der Waals surface area contributed by atoms with Crippen LogP contribution in [0.2, 0.25) is 0 Å². The fraction of sp³-hybridized carbons (Fsp3) is 0.320. The van der Waals surface area contributed by atoms with Crippen LogP contribution in [0.25, 0.3) is 11.3 Å². The van der Waals surface area contributed by atoms with Crippen LogP contribution in [-0.2, 0) is 9.53 Å². The van der Waals surface area contributed by atoms with Crippen LogP contribution in [0, 0.1) is 0 Å². The van der Waals surface area contributed by atoms with E-state index in [2.05, 4.69) is 34.3 Å². The van der Waals surface area contributed by atoms with Crippen LogP contribution in [0.15, 0.2) is 60.7 Å². The van der Waals surface area contributed by atoms with Crippen molar-refractivity contribution in [1.29, 1.82) is 0 Å². The molecule has 0 bridgehead atoms. The van der Waals surface area contributed by atoms with E-state index >= 15 is 0 Å². The summed E-state index contributed by atoms with van der Waals surface area (Å²) in [5, 5.41) is 11.6. The summed E-state index contributed by atoms with van der Waals surface area (Å²) < 4.78 is 11.1. The quantitative estimate of drug-likeness (QED) is 0.605. The molecule has 7 heteroatoms. The summed E-state index contributed by atoms with van der Waals surface area (Å²) in [5.74, 6) is 1.73. The second-order valence-corrected chi connectivity index (χ2v) is 7.98. The number of benzene rings is 2. The van der Waals surface area contributed by atoms with Crippen LogP contribution in [-0.4, -0.2) is 49.0 Å². The van der Waals surface area contributed by atoms with Crippen molar-refractivity contribution in [3.8, 4) is 17.0 Å². The molecule has 0 spiro atoms. The molecule has 0 saturated carbocycles. The lowest BCUT2D eigenvalue weighted by Gasteiger charge is -2.27. The molecule has 1 N–H and O–H groups in total. The maximum Gasteiger partial charge on any atom is 0.262 e. The number of hydrogen-bond donors (Lipinski definition) is 1. The topological polar surface area (TPSA) is 76.6 Å². The normalized spacial score (nSPS) is 13.8. The Morgan fingerprint density at radius 2 is 1.78 bits per heavy atom. The van der Waals surface area contributed by atoms with Crippen molar-refractivity contribution in [2.24, 2.45) is 0 Å². The minimum absolute atomic E-state index is 0.0417. The minimum atomic E-state index is -0.203. The molecule has 0 atom stereocenters. The third-order valence-electron chi connectivity index (χ3n) is 5.35. The van der Waals surface area contributed by atoms with Gasteiger partial charge < -0.3 is 19.7 Å². The number of morpholine rings is 1. The van der Waals surface area contributed by atoms with E-state index in [0.717, 1.165) is 41.5 Å². The van der Waals surface area contributed by atoms with Gasteiger partial charge in [-0.2, -0.15) is 0 Å². The predicted octanol–water partition coefficient (Wildman–Crippen LogP) is 4.12. The van der Waals surface area contributed by atoms with Crippen molar-refractivity contribution >= 4 is 17.4 Å². The zero-order valence-electron chi connectivity index (χ0n) is 18.5. The van der Waals surface area contributed by atoms with E-state index in [0.29, 0.717) is 24.8 Å². The summed E-state index contributed by atoms with van der Waals surface area (Å²) in [6.45, 7) is 7.25. The third kappa shape index (κ3) is 5.42. The Hall–Kier alpha value is -3.45. The average molecular weight is 433 g/mol. The van der Waals surface area contributed by atoms with Gasteiger partial charge in [0.05, 0.1) is 18.9 Å². The first-order chi connectivity index (χ1) is 15.6. The zero-order valence-corrected chi connectivity index (χ0v) is 18.5. The van der Waals surface area contributed by atoms with Gasteiger partial charge in [-0.3, -0.25) is 4.79 Å². The number of carbonyl (C=O) groups is 1. The Morgan fingerprint density at radius 1 is 1.03 bits per heavy atom. The van der Waals surface area contributed by atoms with E-state index in [1.165, 1.54) is 0 Å². The molecule has 2 heterocycles. The molecule has 1 fully saturated rings. The first-order valence-electron chi connectivity index (χ1n) is 10.9. The van der Waals surface area contributed by atoms with Gasteiger partial charge in [0.1, 0.15) is 5.75 Å². The van der Waals surface area contributed by atoms with Crippen LogP contribution >= 0.6 is 0 Å². The van der Waals surface area contributed by atoms with Gasteiger partial charge in [0.2, 0.25) is 0 Å². The van der Waals surface area contributed by atoms with Gasteiger partial charge in [-0.1, -0.05) is 44.2 Å². The molecule has 3 aromatic rings. The maximum atomic E-state index is 12.3. The van der Waals surface area contributed by atoms with E-state index in [1.54, 1.807) is 0 Å². The Balaban J connectivity index is 1.33. The van der Waals surface area contributed by atoms with Gasteiger partial charge in [-0.15, -0.1) is 10.2 Å². The van der Waals surface area contributed by atoms with E-state index < -0.39 is 0 Å². The van der Waals surface area contributed by atoms with Gasteiger partial charge in [0.15, 0.2) is 12.4 Å². The zero-order chi connectivity index (χ0) is 22.3. The van der Waals surface area contributed by atoms with E-state index in [4.69, 9.17) is 9.47 Å². The summed E-state index contributed by atoms with van der Waals surface area (Å²) in [7, 11) is 0. The predicted molar refractivity (Wildman–Crippen MR) is 125 cm³/mol.